The van der Waals surface area contributed by atoms with E-state index in [-0.39, 0.29) is 11.8 Å². The minimum Gasteiger partial charge on any atom is -0.339 e. The summed E-state index contributed by atoms with van der Waals surface area (Å²) in [5.74, 6) is 1.18. The van der Waals surface area contributed by atoms with Gasteiger partial charge in [-0.2, -0.15) is 0 Å². The molecule has 1 aliphatic rings. The Morgan fingerprint density at radius 3 is 2.25 bits per heavy atom. The lowest BCUT2D eigenvalue weighted by Gasteiger charge is -2.32. The van der Waals surface area contributed by atoms with Gasteiger partial charge in [0.2, 0.25) is 5.91 Å². The van der Waals surface area contributed by atoms with Gasteiger partial charge >= 0.3 is 0 Å². The van der Waals surface area contributed by atoms with Crippen molar-refractivity contribution in [1.82, 2.24) is 4.90 Å². The van der Waals surface area contributed by atoms with Gasteiger partial charge in [-0.1, -0.05) is 44.2 Å². The van der Waals surface area contributed by atoms with E-state index in [1.807, 2.05) is 47.4 Å². The van der Waals surface area contributed by atoms with Crippen molar-refractivity contribution in [3.8, 4) is 0 Å². The van der Waals surface area contributed by atoms with Crippen LogP contribution in [0.4, 0.5) is 5.69 Å². The number of piperidine rings is 1. The van der Waals surface area contributed by atoms with Crippen molar-refractivity contribution in [2.75, 3.05) is 18.4 Å². The molecule has 1 heterocycles. The normalized spacial score (nSPS) is 14.9. The first-order valence-electron chi connectivity index (χ1n) is 10.3. The molecule has 148 valence electrons. The summed E-state index contributed by atoms with van der Waals surface area (Å²) in [4.78, 5) is 26.7. The molecule has 2 aromatic carbocycles. The molecule has 0 bridgehead atoms. The monoisotopic (exact) mass is 378 g/mol. The minimum absolute atomic E-state index is 0.0695. The zero-order valence-corrected chi connectivity index (χ0v) is 16.9. The zero-order valence-electron chi connectivity index (χ0n) is 16.9. The lowest BCUT2D eigenvalue weighted by atomic mass is 9.91. The van der Waals surface area contributed by atoms with Gasteiger partial charge in [0.1, 0.15) is 0 Å². The van der Waals surface area contributed by atoms with Gasteiger partial charge in [-0.3, -0.25) is 9.59 Å². The Hall–Kier alpha value is -2.62. The number of carbonyl (C=O) groups excluding carboxylic acids is 2. The van der Waals surface area contributed by atoms with Crippen molar-refractivity contribution >= 4 is 17.5 Å². The summed E-state index contributed by atoms with van der Waals surface area (Å²) in [5, 5.41) is 2.99. The van der Waals surface area contributed by atoms with E-state index < -0.39 is 0 Å². The van der Waals surface area contributed by atoms with E-state index in [0.29, 0.717) is 18.3 Å². The van der Waals surface area contributed by atoms with Crippen molar-refractivity contribution in [1.29, 1.82) is 0 Å². The number of nitrogens with zero attached hydrogens (tertiary/aromatic N) is 1. The molecule has 0 unspecified atom stereocenters. The highest BCUT2D eigenvalue weighted by Crippen LogP contribution is 2.24. The van der Waals surface area contributed by atoms with E-state index >= 15 is 0 Å². The second kappa shape index (κ2) is 9.54. The number of hydrogen-bond acceptors (Lipinski definition) is 2. The summed E-state index contributed by atoms with van der Waals surface area (Å²) in [6.45, 7) is 5.87. The van der Waals surface area contributed by atoms with Crippen LogP contribution in [-0.2, 0) is 4.79 Å². The fourth-order valence-electron chi connectivity index (χ4n) is 3.70. The Balaban J connectivity index is 1.40. The Bertz CT molecular complexity index is 776. The molecule has 0 saturated carbocycles. The van der Waals surface area contributed by atoms with Gasteiger partial charge in [-0.25, -0.2) is 0 Å². The summed E-state index contributed by atoms with van der Waals surface area (Å²) in [5.41, 5.74) is 2.89. The highest BCUT2D eigenvalue weighted by Gasteiger charge is 2.23. The van der Waals surface area contributed by atoms with Gasteiger partial charge in [0.05, 0.1) is 0 Å². The molecule has 0 aliphatic carbocycles. The molecule has 2 aromatic rings. The molecular formula is C24H30N2O2. The number of likely N-dealkylation sites (tertiary alicyclic amines) is 1. The van der Waals surface area contributed by atoms with Crippen LogP contribution in [0.3, 0.4) is 0 Å². The van der Waals surface area contributed by atoms with Crippen LogP contribution in [0.25, 0.3) is 0 Å². The van der Waals surface area contributed by atoms with Gasteiger partial charge in [0.15, 0.2) is 0 Å². The van der Waals surface area contributed by atoms with Crippen LogP contribution < -0.4 is 5.32 Å². The summed E-state index contributed by atoms with van der Waals surface area (Å²) in [6.07, 6.45) is 3.34. The van der Waals surface area contributed by atoms with Crippen molar-refractivity contribution in [3.05, 3.63) is 65.7 Å². The lowest BCUT2D eigenvalue weighted by molar-refractivity contribution is -0.116. The molecule has 2 amide bonds. The SMILES string of the molecule is CC(C)c1ccc(NC(=O)CCC2CCN(C(=O)c3ccccc3)CC2)cc1. The first kappa shape index (κ1) is 20.1. The summed E-state index contributed by atoms with van der Waals surface area (Å²) >= 11 is 0. The molecule has 1 fully saturated rings. The highest BCUT2D eigenvalue weighted by molar-refractivity contribution is 5.94. The quantitative estimate of drug-likeness (QED) is 0.762. The predicted molar refractivity (Wildman–Crippen MR) is 113 cm³/mol. The number of amides is 2. The highest BCUT2D eigenvalue weighted by atomic mass is 16.2. The number of benzene rings is 2. The average Bonchev–Trinajstić information content (AvgIpc) is 2.73. The third-order valence-corrected chi connectivity index (χ3v) is 5.56. The summed E-state index contributed by atoms with van der Waals surface area (Å²) in [7, 11) is 0. The third kappa shape index (κ3) is 5.44. The van der Waals surface area contributed by atoms with Gasteiger partial charge in [-0.15, -0.1) is 0 Å². The average molecular weight is 379 g/mol. The molecule has 1 N–H and O–H groups in total. The zero-order chi connectivity index (χ0) is 19.9. The Morgan fingerprint density at radius 1 is 1.00 bits per heavy atom. The molecule has 1 aliphatic heterocycles. The van der Waals surface area contributed by atoms with E-state index in [1.54, 1.807) is 0 Å². The smallest absolute Gasteiger partial charge is 0.253 e. The number of nitrogens with one attached hydrogen (secondary N) is 1. The van der Waals surface area contributed by atoms with Crippen LogP contribution in [0.5, 0.6) is 0 Å². The molecule has 4 nitrogen and oxygen atoms in total. The number of anilines is 1. The van der Waals surface area contributed by atoms with Crippen LogP contribution >= 0.6 is 0 Å². The maximum absolute atomic E-state index is 12.5. The number of rotatable bonds is 6. The molecule has 0 atom stereocenters. The van der Waals surface area contributed by atoms with Crippen molar-refractivity contribution < 1.29 is 9.59 Å². The Kier molecular flexibility index (Phi) is 6.85. The molecule has 3 rings (SSSR count). The third-order valence-electron chi connectivity index (χ3n) is 5.56. The van der Waals surface area contributed by atoms with Crippen LogP contribution in [0.2, 0.25) is 0 Å². The molecule has 1 saturated heterocycles. The van der Waals surface area contributed by atoms with Crippen molar-refractivity contribution in [2.24, 2.45) is 5.92 Å². The molecule has 0 spiro atoms. The van der Waals surface area contributed by atoms with Gasteiger partial charge in [0.25, 0.3) is 5.91 Å². The molecule has 28 heavy (non-hydrogen) atoms. The maximum atomic E-state index is 12.5. The molecule has 0 radical (unpaired) electrons. The van der Waals surface area contributed by atoms with Crippen molar-refractivity contribution in [3.63, 3.8) is 0 Å². The lowest BCUT2D eigenvalue weighted by Crippen LogP contribution is -2.38. The van der Waals surface area contributed by atoms with E-state index in [4.69, 9.17) is 0 Å². The first-order chi connectivity index (χ1) is 13.5. The maximum Gasteiger partial charge on any atom is 0.253 e. The largest absolute Gasteiger partial charge is 0.339 e. The van der Waals surface area contributed by atoms with Crippen LogP contribution in [0.15, 0.2) is 54.6 Å². The summed E-state index contributed by atoms with van der Waals surface area (Å²) < 4.78 is 0. The van der Waals surface area contributed by atoms with Gasteiger partial charge in [0, 0.05) is 30.8 Å². The predicted octanol–water partition coefficient (Wildman–Crippen LogP) is 5.08. The fraction of sp³-hybridized carbons (Fsp3) is 0.417. The van der Waals surface area contributed by atoms with E-state index in [0.717, 1.165) is 43.6 Å². The standard InChI is InChI=1S/C24H30N2O2/c1-18(2)20-9-11-22(12-10-20)25-23(27)13-8-19-14-16-26(17-15-19)24(28)21-6-4-3-5-7-21/h3-7,9-12,18-19H,8,13-17H2,1-2H3,(H,25,27). The topological polar surface area (TPSA) is 49.4 Å². The summed E-state index contributed by atoms with van der Waals surface area (Å²) in [6, 6.07) is 17.5. The van der Waals surface area contributed by atoms with E-state index in [9.17, 15) is 9.59 Å². The van der Waals surface area contributed by atoms with Gasteiger partial charge in [-0.05, 0) is 60.9 Å². The van der Waals surface area contributed by atoms with Crippen LogP contribution in [0, 0.1) is 5.92 Å². The minimum atomic E-state index is 0.0695. The molecule has 0 aromatic heterocycles. The number of carbonyl (C=O) groups is 2. The van der Waals surface area contributed by atoms with E-state index in [1.165, 1.54) is 5.56 Å². The molecule has 4 heteroatoms. The van der Waals surface area contributed by atoms with Crippen LogP contribution in [0.1, 0.15) is 61.4 Å². The first-order valence-corrected chi connectivity index (χ1v) is 10.3. The fourth-order valence-corrected chi connectivity index (χ4v) is 3.70. The Morgan fingerprint density at radius 2 is 1.64 bits per heavy atom. The number of hydrogen-bond donors (Lipinski definition) is 1. The molecular weight excluding hydrogens is 348 g/mol. The van der Waals surface area contributed by atoms with E-state index in [2.05, 4.69) is 31.3 Å². The van der Waals surface area contributed by atoms with Crippen LogP contribution in [-0.4, -0.2) is 29.8 Å². The second-order valence-corrected chi connectivity index (χ2v) is 7.97. The second-order valence-electron chi connectivity index (χ2n) is 7.97. The van der Waals surface area contributed by atoms with Crippen molar-refractivity contribution in [2.45, 2.75) is 45.4 Å². The van der Waals surface area contributed by atoms with Gasteiger partial charge < -0.3 is 10.2 Å². The Labute approximate surface area is 167 Å².